The molecule has 0 unspecified atom stereocenters. The first-order valence-electron chi connectivity index (χ1n) is 6.33. The second-order valence-electron chi connectivity index (χ2n) is 4.33. The van der Waals surface area contributed by atoms with Crippen molar-refractivity contribution in [3.8, 4) is 11.5 Å². The molecular formula is C14H10BrFN4OS. The van der Waals surface area contributed by atoms with Gasteiger partial charge >= 0.3 is 0 Å². The van der Waals surface area contributed by atoms with Crippen LogP contribution >= 0.6 is 27.7 Å². The number of hydrogen-bond donors (Lipinski definition) is 0. The first kappa shape index (κ1) is 15.1. The fourth-order valence-electron chi connectivity index (χ4n) is 1.72. The summed E-state index contributed by atoms with van der Waals surface area (Å²) in [5.41, 5.74) is 1.20. The third-order valence-corrected chi connectivity index (χ3v) is 4.22. The van der Waals surface area contributed by atoms with Gasteiger partial charge in [0.05, 0.1) is 11.9 Å². The Morgan fingerprint density at radius 3 is 2.91 bits per heavy atom. The van der Waals surface area contributed by atoms with Crippen molar-refractivity contribution < 1.29 is 8.91 Å². The van der Waals surface area contributed by atoms with Gasteiger partial charge in [0.15, 0.2) is 0 Å². The normalized spacial score (nSPS) is 10.8. The molecule has 22 heavy (non-hydrogen) atoms. The highest BCUT2D eigenvalue weighted by Gasteiger charge is 2.10. The topological polar surface area (TPSA) is 64.7 Å². The molecule has 0 aliphatic rings. The maximum atomic E-state index is 13.7. The van der Waals surface area contributed by atoms with Crippen molar-refractivity contribution in [3.63, 3.8) is 0 Å². The molecule has 2 aromatic heterocycles. The van der Waals surface area contributed by atoms with E-state index < -0.39 is 0 Å². The summed E-state index contributed by atoms with van der Waals surface area (Å²) >= 11 is 4.74. The van der Waals surface area contributed by atoms with E-state index in [1.54, 1.807) is 24.7 Å². The average molecular weight is 381 g/mol. The van der Waals surface area contributed by atoms with Crippen molar-refractivity contribution in [3.05, 3.63) is 58.5 Å². The zero-order valence-electron chi connectivity index (χ0n) is 11.2. The Morgan fingerprint density at radius 1 is 1.23 bits per heavy atom. The van der Waals surface area contributed by atoms with Crippen molar-refractivity contribution in [1.82, 2.24) is 20.1 Å². The molecule has 8 heteroatoms. The first-order valence-corrected chi connectivity index (χ1v) is 8.28. The van der Waals surface area contributed by atoms with E-state index in [0.717, 1.165) is 4.47 Å². The predicted octanol–water partition coefficient (Wildman–Crippen LogP) is 3.86. The standard InChI is InChI=1S/C14H10BrFN4OS/c15-10-2-1-9(11(16)5-10)7-22-8-13-19-14(20-21-13)12-6-17-3-4-18-12/h1-6H,7-8H2. The molecule has 0 N–H and O–H groups in total. The molecule has 0 bridgehead atoms. The molecule has 0 atom stereocenters. The summed E-state index contributed by atoms with van der Waals surface area (Å²) in [6.07, 6.45) is 4.71. The van der Waals surface area contributed by atoms with E-state index in [2.05, 4.69) is 36.0 Å². The van der Waals surface area contributed by atoms with E-state index in [0.29, 0.717) is 34.5 Å². The van der Waals surface area contributed by atoms with Crippen molar-refractivity contribution in [2.45, 2.75) is 11.5 Å². The molecule has 0 aliphatic heterocycles. The minimum Gasteiger partial charge on any atom is -0.338 e. The molecule has 0 aliphatic carbocycles. The molecule has 2 heterocycles. The van der Waals surface area contributed by atoms with Crippen LogP contribution in [-0.2, 0) is 11.5 Å². The molecule has 3 aromatic rings. The summed E-state index contributed by atoms with van der Waals surface area (Å²) in [4.78, 5) is 12.3. The van der Waals surface area contributed by atoms with Crippen LogP contribution in [0.25, 0.3) is 11.5 Å². The van der Waals surface area contributed by atoms with Crippen molar-refractivity contribution in [2.24, 2.45) is 0 Å². The van der Waals surface area contributed by atoms with Crippen LogP contribution in [0.4, 0.5) is 4.39 Å². The number of nitrogens with zero attached hydrogens (tertiary/aromatic N) is 4. The molecule has 1 aromatic carbocycles. The molecule has 5 nitrogen and oxygen atoms in total. The lowest BCUT2D eigenvalue weighted by molar-refractivity contribution is 0.391. The van der Waals surface area contributed by atoms with Gasteiger partial charge in [-0.1, -0.05) is 27.2 Å². The van der Waals surface area contributed by atoms with Gasteiger partial charge in [-0.2, -0.15) is 4.98 Å². The fourth-order valence-corrected chi connectivity index (χ4v) is 2.90. The molecule has 3 rings (SSSR count). The lowest BCUT2D eigenvalue weighted by Crippen LogP contribution is -1.89. The van der Waals surface area contributed by atoms with E-state index in [1.165, 1.54) is 17.8 Å². The van der Waals surface area contributed by atoms with Crippen molar-refractivity contribution >= 4 is 27.7 Å². The molecule has 0 saturated carbocycles. The van der Waals surface area contributed by atoms with Crippen molar-refractivity contribution in [2.75, 3.05) is 0 Å². The lowest BCUT2D eigenvalue weighted by atomic mass is 10.2. The Labute approximate surface area is 138 Å². The van der Waals surface area contributed by atoms with E-state index in [4.69, 9.17) is 4.52 Å². The quantitative estimate of drug-likeness (QED) is 0.669. The van der Waals surface area contributed by atoms with Crippen LogP contribution in [0.15, 0.2) is 45.8 Å². The molecule has 112 valence electrons. The van der Waals surface area contributed by atoms with Crippen LogP contribution in [0, 0.1) is 5.82 Å². The largest absolute Gasteiger partial charge is 0.338 e. The van der Waals surface area contributed by atoms with Crippen LogP contribution < -0.4 is 0 Å². The van der Waals surface area contributed by atoms with Gasteiger partial charge < -0.3 is 4.52 Å². The lowest BCUT2D eigenvalue weighted by Gasteiger charge is -2.02. The maximum Gasteiger partial charge on any atom is 0.237 e. The second-order valence-corrected chi connectivity index (χ2v) is 6.23. The number of benzene rings is 1. The van der Waals surface area contributed by atoms with Gasteiger partial charge in [0.2, 0.25) is 11.7 Å². The Bertz CT molecular complexity index is 769. The SMILES string of the molecule is Fc1cc(Br)ccc1CSCc1nc(-c2cnccn2)no1. The van der Waals surface area contributed by atoms with E-state index >= 15 is 0 Å². The number of aromatic nitrogens is 4. The maximum absolute atomic E-state index is 13.7. The fraction of sp³-hybridized carbons (Fsp3) is 0.143. The van der Waals surface area contributed by atoms with E-state index in [9.17, 15) is 4.39 Å². The van der Waals surface area contributed by atoms with Gasteiger partial charge in [-0.05, 0) is 17.7 Å². The summed E-state index contributed by atoms with van der Waals surface area (Å²) in [6.45, 7) is 0. The molecule has 0 amide bonds. The Morgan fingerprint density at radius 2 is 2.14 bits per heavy atom. The van der Waals surface area contributed by atoms with E-state index in [-0.39, 0.29) is 5.82 Å². The smallest absolute Gasteiger partial charge is 0.237 e. The molecule has 0 saturated heterocycles. The third kappa shape index (κ3) is 3.69. The van der Waals surface area contributed by atoms with Gasteiger partial charge in [-0.3, -0.25) is 4.98 Å². The summed E-state index contributed by atoms with van der Waals surface area (Å²) in [5, 5.41) is 3.86. The van der Waals surface area contributed by atoms with Gasteiger partial charge in [-0.15, -0.1) is 11.8 Å². The predicted molar refractivity (Wildman–Crippen MR) is 84.4 cm³/mol. The van der Waals surface area contributed by atoms with Gasteiger partial charge in [-0.25, -0.2) is 9.37 Å². The van der Waals surface area contributed by atoms with Gasteiger partial charge in [0, 0.05) is 22.6 Å². The Hall–Kier alpha value is -1.80. The monoisotopic (exact) mass is 380 g/mol. The first-order chi connectivity index (χ1) is 10.7. The summed E-state index contributed by atoms with van der Waals surface area (Å²) in [5.74, 6) is 1.68. The van der Waals surface area contributed by atoms with Crippen molar-refractivity contribution in [1.29, 1.82) is 0 Å². The molecule has 0 spiro atoms. The second kappa shape index (κ2) is 6.97. The Balaban J connectivity index is 1.59. The average Bonchev–Trinajstić information content (AvgIpc) is 2.99. The van der Waals surface area contributed by atoms with Gasteiger partial charge in [0.1, 0.15) is 11.5 Å². The zero-order chi connectivity index (χ0) is 15.4. The zero-order valence-corrected chi connectivity index (χ0v) is 13.6. The van der Waals surface area contributed by atoms with Crippen LogP contribution in [0.1, 0.15) is 11.5 Å². The van der Waals surface area contributed by atoms with Crippen LogP contribution in [-0.4, -0.2) is 20.1 Å². The molecular weight excluding hydrogens is 371 g/mol. The molecule has 0 radical (unpaired) electrons. The highest BCUT2D eigenvalue weighted by molar-refractivity contribution is 9.10. The van der Waals surface area contributed by atoms with Gasteiger partial charge in [0.25, 0.3) is 0 Å². The highest BCUT2D eigenvalue weighted by atomic mass is 79.9. The van der Waals surface area contributed by atoms with Crippen LogP contribution in [0.2, 0.25) is 0 Å². The van der Waals surface area contributed by atoms with Crippen LogP contribution in [0.5, 0.6) is 0 Å². The summed E-state index contributed by atoms with van der Waals surface area (Å²) in [7, 11) is 0. The third-order valence-electron chi connectivity index (χ3n) is 2.76. The summed E-state index contributed by atoms with van der Waals surface area (Å²) < 4.78 is 19.6. The highest BCUT2D eigenvalue weighted by Crippen LogP contribution is 2.22. The number of hydrogen-bond acceptors (Lipinski definition) is 6. The Kier molecular flexibility index (Phi) is 4.79. The minimum absolute atomic E-state index is 0.229. The molecule has 0 fully saturated rings. The number of thioether (sulfide) groups is 1. The number of halogens is 2. The van der Waals surface area contributed by atoms with Crippen LogP contribution in [0.3, 0.4) is 0 Å². The van der Waals surface area contributed by atoms with E-state index in [1.807, 2.05) is 6.07 Å². The summed E-state index contributed by atoms with van der Waals surface area (Å²) in [6, 6.07) is 5.03. The number of rotatable bonds is 5. The minimum atomic E-state index is -0.229.